The van der Waals surface area contributed by atoms with Crippen molar-refractivity contribution in [2.24, 2.45) is 44.8 Å². The molecule has 5 aliphatic rings. The monoisotopic (exact) mass is 522 g/mol. The fourth-order valence-electron chi connectivity index (χ4n) is 11.8. The first-order valence-corrected chi connectivity index (χ1v) is 15.2. The van der Waals surface area contributed by atoms with E-state index in [-0.39, 0.29) is 46.3 Å². The van der Waals surface area contributed by atoms with Gasteiger partial charge in [-0.15, -0.1) is 0 Å². The lowest BCUT2D eigenvalue weighted by Gasteiger charge is -2.63. The Bertz CT molecular complexity index is 1090. The van der Waals surface area contributed by atoms with Gasteiger partial charge in [-0.05, 0) is 118 Å². The van der Waals surface area contributed by atoms with Crippen molar-refractivity contribution < 1.29 is 15.0 Å². The molecule has 3 N–H and O–H groups in total. The van der Waals surface area contributed by atoms with Gasteiger partial charge in [0, 0.05) is 29.0 Å². The molecule has 1 aromatic carbocycles. The van der Waals surface area contributed by atoms with Gasteiger partial charge in [0.15, 0.2) is 0 Å². The summed E-state index contributed by atoms with van der Waals surface area (Å²) in [6.07, 6.45) is 8.81. The quantitative estimate of drug-likeness (QED) is 0.502. The molecule has 5 nitrogen and oxygen atoms in total. The van der Waals surface area contributed by atoms with Gasteiger partial charge in [0.1, 0.15) is 0 Å². The molecule has 5 aliphatic carbocycles. The fraction of sp³-hybridized carbons (Fsp3) is 0.788. The van der Waals surface area contributed by atoms with E-state index in [1.807, 2.05) is 30.3 Å². The van der Waals surface area contributed by atoms with Crippen LogP contribution in [0.4, 0.5) is 0 Å². The highest BCUT2D eigenvalue weighted by Crippen LogP contribution is 2.89. The smallest absolute Gasteiger partial charge is 0.251 e. The molecule has 5 saturated carbocycles. The Morgan fingerprint density at radius 3 is 2.32 bits per heavy atom. The van der Waals surface area contributed by atoms with Crippen molar-refractivity contribution in [2.75, 3.05) is 20.7 Å². The summed E-state index contributed by atoms with van der Waals surface area (Å²) in [7, 11) is 4.32. The van der Waals surface area contributed by atoms with Crippen molar-refractivity contribution >= 4 is 5.91 Å². The molecule has 0 aliphatic heterocycles. The van der Waals surface area contributed by atoms with Gasteiger partial charge in [-0.3, -0.25) is 4.79 Å². The van der Waals surface area contributed by atoms with Gasteiger partial charge >= 0.3 is 0 Å². The van der Waals surface area contributed by atoms with Crippen molar-refractivity contribution in [3.8, 4) is 0 Å². The average molecular weight is 523 g/mol. The maximum absolute atomic E-state index is 13.1. The third kappa shape index (κ3) is 3.19. The molecular weight excluding hydrogens is 472 g/mol. The van der Waals surface area contributed by atoms with Gasteiger partial charge in [0.2, 0.25) is 0 Å². The molecule has 1 amide bonds. The molecule has 6 rings (SSSR count). The Hall–Kier alpha value is -1.43. The van der Waals surface area contributed by atoms with Crippen LogP contribution in [0.15, 0.2) is 30.3 Å². The molecule has 0 aromatic heterocycles. The molecule has 5 heteroatoms. The van der Waals surface area contributed by atoms with Crippen LogP contribution in [0.3, 0.4) is 0 Å². The fourth-order valence-corrected chi connectivity index (χ4v) is 11.8. The standard InChI is InChI=1S/C33H50N2O3/c1-21(35(5)6)27-23(37)18-31(4)25-13-12-24-29(2,20-36)26(34-28(38)22-10-8-7-9-11-22)14-15-32(24)19-33(25,32)17-16-30(27,31)3/h7-11,21,23-27,36-37H,12-20H2,1-6H3,(H,34,38). The number of hydrogen-bond donors (Lipinski definition) is 3. The first-order chi connectivity index (χ1) is 17.9. The Morgan fingerprint density at radius 2 is 1.66 bits per heavy atom. The molecule has 1 aromatic rings. The van der Waals surface area contributed by atoms with Crippen molar-refractivity contribution in [3.05, 3.63) is 35.9 Å². The third-order valence-corrected chi connectivity index (χ3v) is 14.0. The van der Waals surface area contributed by atoms with Crippen molar-refractivity contribution in [2.45, 2.75) is 97.2 Å². The lowest BCUT2D eigenvalue weighted by molar-refractivity contribution is -0.154. The summed E-state index contributed by atoms with van der Waals surface area (Å²) in [4.78, 5) is 15.4. The van der Waals surface area contributed by atoms with Crippen molar-refractivity contribution in [1.29, 1.82) is 0 Å². The molecule has 11 unspecified atom stereocenters. The molecule has 5 fully saturated rings. The van der Waals surface area contributed by atoms with Crippen LogP contribution in [-0.4, -0.2) is 59.9 Å². The minimum Gasteiger partial charge on any atom is -0.396 e. The second-order valence-corrected chi connectivity index (χ2v) is 15.1. The summed E-state index contributed by atoms with van der Waals surface area (Å²) in [5, 5.41) is 25.8. The Morgan fingerprint density at radius 1 is 1.00 bits per heavy atom. The summed E-state index contributed by atoms with van der Waals surface area (Å²) in [5.41, 5.74) is 1.29. The number of nitrogens with one attached hydrogen (secondary N) is 1. The van der Waals surface area contributed by atoms with E-state index in [4.69, 9.17) is 0 Å². The maximum Gasteiger partial charge on any atom is 0.251 e. The second kappa shape index (κ2) is 8.54. The topological polar surface area (TPSA) is 72.8 Å². The number of fused-ring (bicyclic) bond motifs is 2. The number of amides is 1. The zero-order chi connectivity index (χ0) is 27.3. The minimum atomic E-state index is -0.310. The second-order valence-electron chi connectivity index (χ2n) is 15.1. The third-order valence-electron chi connectivity index (χ3n) is 14.0. The van der Waals surface area contributed by atoms with Crippen LogP contribution in [0.1, 0.15) is 89.4 Å². The van der Waals surface area contributed by atoms with E-state index in [0.717, 1.165) is 25.7 Å². The zero-order valence-corrected chi connectivity index (χ0v) is 24.5. The van der Waals surface area contributed by atoms with E-state index in [1.54, 1.807) is 0 Å². The molecular formula is C33H50N2O3. The van der Waals surface area contributed by atoms with Gasteiger partial charge in [0.05, 0.1) is 12.7 Å². The molecule has 11 atom stereocenters. The number of aliphatic hydroxyl groups excluding tert-OH is 2. The van der Waals surface area contributed by atoms with E-state index in [2.05, 4.69) is 52.0 Å². The van der Waals surface area contributed by atoms with E-state index < -0.39 is 0 Å². The van der Waals surface area contributed by atoms with Crippen molar-refractivity contribution in [1.82, 2.24) is 10.2 Å². The van der Waals surface area contributed by atoms with Crippen LogP contribution in [0, 0.1) is 44.8 Å². The molecule has 2 spiro atoms. The average Bonchev–Trinajstić information content (AvgIpc) is 3.50. The van der Waals surface area contributed by atoms with Crippen LogP contribution in [0.2, 0.25) is 0 Å². The van der Waals surface area contributed by atoms with Crippen LogP contribution < -0.4 is 5.32 Å². The highest BCUT2D eigenvalue weighted by Gasteiger charge is 2.83. The van der Waals surface area contributed by atoms with Crippen LogP contribution in [-0.2, 0) is 0 Å². The maximum atomic E-state index is 13.1. The summed E-state index contributed by atoms with van der Waals surface area (Å²) >= 11 is 0. The first-order valence-electron chi connectivity index (χ1n) is 15.2. The van der Waals surface area contributed by atoms with E-state index >= 15 is 0 Å². The van der Waals surface area contributed by atoms with Crippen molar-refractivity contribution in [3.63, 3.8) is 0 Å². The Balaban J connectivity index is 1.29. The van der Waals surface area contributed by atoms with Gasteiger partial charge in [-0.2, -0.15) is 0 Å². The molecule has 0 bridgehead atoms. The summed E-state index contributed by atoms with van der Waals surface area (Å²) in [6, 6.07) is 9.85. The van der Waals surface area contributed by atoms with E-state index in [0.29, 0.717) is 34.8 Å². The highest BCUT2D eigenvalue weighted by molar-refractivity contribution is 5.94. The van der Waals surface area contributed by atoms with Gasteiger partial charge in [-0.25, -0.2) is 0 Å². The molecule has 38 heavy (non-hydrogen) atoms. The Kier molecular flexibility index (Phi) is 6.01. The number of aliphatic hydroxyl groups is 2. The van der Waals surface area contributed by atoms with Gasteiger partial charge in [-0.1, -0.05) is 39.0 Å². The van der Waals surface area contributed by atoms with E-state index in [9.17, 15) is 15.0 Å². The lowest BCUT2D eigenvalue weighted by atomic mass is 9.41. The largest absolute Gasteiger partial charge is 0.396 e. The first kappa shape index (κ1) is 26.8. The molecule has 210 valence electrons. The van der Waals surface area contributed by atoms with Gasteiger partial charge < -0.3 is 20.4 Å². The summed E-state index contributed by atoms with van der Waals surface area (Å²) in [6.45, 7) is 9.73. The van der Waals surface area contributed by atoms with Crippen LogP contribution in [0.5, 0.6) is 0 Å². The zero-order valence-electron chi connectivity index (χ0n) is 24.5. The highest BCUT2D eigenvalue weighted by atomic mass is 16.3. The number of rotatable bonds is 5. The van der Waals surface area contributed by atoms with E-state index in [1.165, 1.54) is 25.7 Å². The summed E-state index contributed by atoms with van der Waals surface area (Å²) < 4.78 is 0. The SMILES string of the molecule is CC(C1C(O)CC2(C)C3CCC4C(C)(CO)C(NC(=O)c5ccccc5)CCC45CC35CCC12C)N(C)C. The minimum absolute atomic E-state index is 0.00639. The summed E-state index contributed by atoms with van der Waals surface area (Å²) in [5.74, 6) is 1.35. The molecule has 0 saturated heterocycles. The predicted molar refractivity (Wildman–Crippen MR) is 151 cm³/mol. The van der Waals surface area contributed by atoms with Gasteiger partial charge in [0.25, 0.3) is 5.91 Å². The Labute approximate surface area is 229 Å². The lowest BCUT2D eigenvalue weighted by Crippen LogP contribution is -2.62. The molecule has 0 radical (unpaired) electrons. The van der Waals surface area contributed by atoms with Crippen LogP contribution in [0.25, 0.3) is 0 Å². The normalized spacial score (nSPS) is 49.9. The molecule has 0 heterocycles. The number of hydrogen-bond acceptors (Lipinski definition) is 4. The van der Waals surface area contributed by atoms with Crippen LogP contribution >= 0.6 is 0 Å². The number of nitrogens with zero attached hydrogens (tertiary/aromatic N) is 1. The number of benzene rings is 1. The number of carbonyl (C=O) groups excluding carboxylic acids is 1. The predicted octanol–water partition coefficient (Wildman–Crippen LogP) is 5.12. The number of carbonyl (C=O) groups is 1.